The molecule has 0 aliphatic heterocycles. The molecular formula is C15H23NO. The molecule has 1 amide bonds. The van der Waals surface area contributed by atoms with Crippen LogP contribution in [0.1, 0.15) is 46.5 Å². The molecule has 1 aliphatic carbocycles. The Balaban J connectivity index is 2.55. The summed E-state index contributed by atoms with van der Waals surface area (Å²) in [7, 11) is 0. The fourth-order valence-corrected chi connectivity index (χ4v) is 1.63. The summed E-state index contributed by atoms with van der Waals surface area (Å²) >= 11 is 0. The molecule has 0 aromatic rings. The van der Waals surface area contributed by atoms with E-state index in [1.54, 1.807) is 0 Å². The lowest BCUT2D eigenvalue weighted by molar-refractivity contribution is -0.125. The zero-order valence-electron chi connectivity index (χ0n) is 11.2. The summed E-state index contributed by atoms with van der Waals surface area (Å²) < 4.78 is 0. The van der Waals surface area contributed by atoms with Gasteiger partial charge in [-0.05, 0) is 46.0 Å². The van der Waals surface area contributed by atoms with Gasteiger partial charge in [0.1, 0.15) is 5.92 Å². The van der Waals surface area contributed by atoms with E-state index in [9.17, 15) is 4.79 Å². The smallest absolute Gasteiger partial charge is 0.235 e. The highest BCUT2D eigenvalue weighted by Gasteiger charge is 2.36. The Morgan fingerprint density at radius 3 is 2.65 bits per heavy atom. The van der Waals surface area contributed by atoms with Gasteiger partial charge in [-0.25, -0.2) is 0 Å². The monoisotopic (exact) mass is 233 g/mol. The van der Waals surface area contributed by atoms with E-state index in [1.807, 2.05) is 26.8 Å². The van der Waals surface area contributed by atoms with Gasteiger partial charge < -0.3 is 5.32 Å². The Bertz CT molecular complexity index is 336. The molecule has 0 heterocycles. The van der Waals surface area contributed by atoms with Crippen molar-refractivity contribution >= 4 is 5.91 Å². The number of carbonyl (C=O) groups excluding carboxylic acids is 1. The Morgan fingerprint density at radius 1 is 1.53 bits per heavy atom. The predicted molar refractivity (Wildman–Crippen MR) is 71.3 cm³/mol. The third-order valence-electron chi connectivity index (χ3n) is 2.61. The first-order valence-electron chi connectivity index (χ1n) is 6.35. The van der Waals surface area contributed by atoms with Crippen LogP contribution < -0.4 is 5.32 Å². The Hall–Kier alpha value is -1.23. The number of rotatable bonds is 4. The molecule has 17 heavy (non-hydrogen) atoms. The molecule has 0 radical (unpaired) electrons. The number of carbonyl (C=O) groups is 1. The number of allylic oxidation sites excluding steroid dienone is 1. The van der Waals surface area contributed by atoms with E-state index >= 15 is 0 Å². The standard InChI is InChI=1S/C15H23NO/c1-5-6-7-8-9-13(12-10-11-12)14(17)16-15(2,3)4/h5,12-13H,1,6-7,10-11H2,2-4H3,(H,16,17). The van der Waals surface area contributed by atoms with Crippen LogP contribution in [0.15, 0.2) is 12.7 Å². The highest BCUT2D eigenvalue weighted by molar-refractivity contribution is 5.82. The maximum Gasteiger partial charge on any atom is 0.235 e. The number of hydrogen-bond donors (Lipinski definition) is 1. The fraction of sp³-hybridized carbons (Fsp3) is 0.667. The first-order valence-corrected chi connectivity index (χ1v) is 6.35. The summed E-state index contributed by atoms with van der Waals surface area (Å²) in [5.74, 6) is 6.68. The van der Waals surface area contributed by atoms with Crippen LogP contribution in [0.25, 0.3) is 0 Å². The van der Waals surface area contributed by atoms with Gasteiger partial charge in [0.15, 0.2) is 0 Å². The second-order valence-electron chi connectivity index (χ2n) is 5.70. The van der Waals surface area contributed by atoms with Gasteiger partial charge in [0, 0.05) is 12.0 Å². The lowest BCUT2D eigenvalue weighted by Gasteiger charge is -2.22. The van der Waals surface area contributed by atoms with Gasteiger partial charge in [0.2, 0.25) is 5.91 Å². The number of nitrogens with one attached hydrogen (secondary N) is 1. The van der Waals surface area contributed by atoms with E-state index < -0.39 is 0 Å². The van der Waals surface area contributed by atoms with Crippen LogP contribution in [0.4, 0.5) is 0 Å². The molecule has 0 saturated heterocycles. The minimum absolute atomic E-state index is 0.0890. The molecule has 2 heteroatoms. The molecule has 1 aliphatic rings. The third-order valence-corrected chi connectivity index (χ3v) is 2.61. The van der Waals surface area contributed by atoms with Gasteiger partial charge in [0.05, 0.1) is 0 Å². The predicted octanol–water partition coefficient (Wildman–Crippen LogP) is 2.90. The molecule has 1 unspecified atom stereocenters. The van der Waals surface area contributed by atoms with Crippen molar-refractivity contribution in [3.05, 3.63) is 12.7 Å². The van der Waals surface area contributed by atoms with Gasteiger partial charge in [0.25, 0.3) is 0 Å². The summed E-state index contributed by atoms with van der Waals surface area (Å²) in [4.78, 5) is 12.1. The van der Waals surface area contributed by atoms with Crippen molar-refractivity contribution in [1.82, 2.24) is 5.32 Å². The zero-order valence-corrected chi connectivity index (χ0v) is 11.2. The quantitative estimate of drug-likeness (QED) is 0.451. The second-order valence-corrected chi connectivity index (χ2v) is 5.70. The average Bonchev–Trinajstić information content (AvgIpc) is 2.98. The summed E-state index contributed by atoms with van der Waals surface area (Å²) in [6, 6.07) is 0. The van der Waals surface area contributed by atoms with Gasteiger partial charge in [-0.3, -0.25) is 4.79 Å². The van der Waals surface area contributed by atoms with Crippen molar-refractivity contribution in [3.8, 4) is 11.8 Å². The largest absolute Gasteiger partial charge is 0.350 e. The van der Waals surface area contributed by atoms with Gasteiger partial charge in [-0.2, -0.15) is 0 Å². The molecule has 1 N–H and O–H groups in total. The third kappa shape index (κ3) is 5.58. The van der Waals surface area contributed by atoms with Crippen LogP contribution >= 0.6 is 0 Å². The SMILES string of the molecule is C=CCCC#CC(C(=O)NC(C)(C)C)C1CC1. The Morgan fingerprint density at radius 2 is 2.18 bits per heavy atom. The second kappa shape index (κ2) is 5.91. The number of unbranched alkanes of at least 4 members (excludes halogenated alkanes) is 1. The molecule has 1 saturated carbocycles. The van der Waals surface area contributed by atoms with Crippen molar-refractivity contribution in [1.29, 1.82) is 0 Å². The highest BCUT2D eigenvalue weighted by Crippen LogP contribution is 2.36. The molecule has 0 aromatic heterocycles. The minimum atomic E-state index is -0.174. The molecule has 0 aromatic carbocycles. The van der Waals surface area contributed by atoms with Crippen LogP contribution in [-0.2, 0) is 4.79 Å². The van der Waals surface area contributed by atoms with Crippen LogP contribution in [0, 0.1) is 23.7 Å². The number of amides is 1. The maximum atomic E-state index is 12.1. The van der Waals surface area contributed by atoms with Crippen molar-refractivity contribution in [3.63, 3.8) is 0 Å². The topological polar surface area (TPSA) is 29.1 Å². The van der Waals surface area contributed by atoms with Crippen molar-refractivity contribution in [2.24, 2.45) is 11.8 Å². The van der Waals surface area contributed by atoms with Crippen molar-refractivity contribution in [2.75, 3.05) is 0 Å². The molecular weight excluding hydrogens is 210 g/mol. The van der Waals surface area contributed by atoms with Crippen molar-refractivity contribution in [2.45, 2.75) is 52.0 Å². The molecule has 2 nitrogen and oxygen atoms in total. The summed E-state index contributed by atoms with van der Waals surface area (Å²) in [5, 5.41) is 3.02. The minimum Gasteiger partial charge on any atom is -0.350 e. The van der Waals surface area contributed by atoms with Gasteiger partial charge >= 0.3 is 0 Å². The van der Waals surface area contributed by atoms with Crippen LogP contribution in [-0.4, -0.2) is 11.4 Å². The molecule has 94 valence electrons. The van der Waals surface area contributed by atoms with Crippen LogP contribution in [0.2, 0.25) is 0 Å². The van der Waals surface area contributed by atoms with E-state index in [4.69, 9.17) is 0 Å². The lowest BCUT2D eigenvalue weighted by atomic mass is 10.0. The Labute approximate surface area is 105 Å². The van der Waals surface area contributed by atoms with E-state index in [-0.39, 0.29) is 17.4 Å². The van der Waals surface area contributed by atoms with E-state index in [0.717, 1.165) is 25.7 Å². The summed E-state index contributed by atoms with van der Waals surface area (Å²) in [6.07, 6.45) is 5.83. The molecule has 0 bridgehead atoms. The van der Waals surface area contributed by atoms with Crippen molar-refractivity contribution < 1.29 is 4.79 Å². The maximum absolute atomic E-state index is 12.1. The molecule has 0 spiro atoms. The van der Waals surface area contributed by atoms with Gasteiger partial charge in [-0.15, -0.1) is 12.5 Å². The lowest BCUT2D eigenvalue weighted by Crippen LogP contribution is -2.44. The van der Waals surface area contributed by atoms with E-state index in [0.29, 0.717) is 5.92 Å². The van der Waals surface area contributed by atoms with Crippen LogP contribution in [0.5, 0.6) is 0 Å². The highest BCUT2D eigenvalue weighted by atomic mass is 16.2. The molecule has 1 fully saturated rings. The molecule has 1 atom stereocenters. The van der Waals surface area contributed by atoms with E-state index in [2.05, 4.69) is 23.7 Å². The van der Waals surface area contributed by atoms with Gasteiger partial charge in [-0.1, -0.05) is 12.0 Å². The Kier molecular flexibility index (Phi) is 4.81. The number of hydrogen-bond acceptors (Lipinski definition) is 1. The normalized spacial score (nSPS) is 16.6. The first kappa shape index (κ1) is 13.8. The van der Waals surface area contributed by atoms with E-state index in [1.165, 1.54) is 0 Å². The average molecular weight is 233 g/mol. The fourth-order valence-electron chi connectivity index (χ4n) is 1.63. The van der Waals surface area contributed by atoms with Crippen LogP contribution in [0.3, 0.4) is 0 Å². The first-order chi connectivity index (χ1) is 7.94. The summed E-state index contributed by atoms with van der Waals surface area (Å²) in [5.41, 5.74) is -0.174. The zero-order chi connectivity index (χ0) is 12.9. The molecule has 1 rings (SSSR count). The summed E-state index contributed by atoms with van der Waals surface area (Å²) in [6.45, 7) is 9.66.